The van der Waals surface area contributed by atoms with Crippen LogP contribution < -0.4 is 0 Å². The van der Waals surface area contributed by atoms with Crippen LogP contribution in [0.2, 0.25) is 0 Å². The number of aliphatic hydroxyl groups excluding tert-OH is 1. The summed E-state index contributed by atoms with van der Waals surface area (Å²) >= 11 is 0. The van der Waals surface area contributed by atoms with E-state index in [1.54, 1.807) is 0 Å². The molecule has 0 spiro atoms. The van der Waals surface area contributed by atoms with Gasteiger partial charge in [0.25, 0.3) is 0 Å². The van der Waals surface area contributed by atoms with Crippen LogP contribution in [-0.4, -0.2) is 15.9 Å². The number of hydrogen-bond acceptors (Lipinski definition) is 3. The van der Waals surface area contributed by atoms with Gasteiger partial charge in [-0.15, -0.1) is 34.9 Å². The number of benzene rings is 2. The molecule has 0 bridgehead atoms. The van der Waals surface area contributed by atoms with Crippen LogP contribution in [0.4, 0.5) is 0 Å². The molecule has 2 aromatic carbocycles. The van der Waals surface area contributed by atoms with E-state index in [1.165, 1.54) is 28.2 Å². The molecule has 4 heteroatoms. The quantitative estimate of drug-likeness (QED) is 0.181. The molecule has 0 aliphatic carbocycles. The number of aryl methyl sites for hydroxylation is 3. The summed E-state index contributed by atoms with van der Waals surface area (Å²) in [5.74, 6) is 0.104. The number of aliphatic hydroxyl groups is 1. The van der Waals surface area contributed by atoms with Crippen molar-refractivity contribution < 1.29 is 30.0 Å². The fraction of sp³-hybridized carbons (Fsp3) is 0.379. The number of nitrogens with zero attached hydrogens (tertiary/aromatic N) is 1. The Labute approximate surface area is 212 Å². The Morgan fingerprint density at radius 3 is 2.06 bits per heavy atom. The first-order chi connectivity index (χ1) is 14.7. The molecule has 0 aliphatic rings. The SMILES string of the molecule is CC(C)(C)C(=O)/C=C(\O)C(C)(C)C.Cc1ccc2ccc(-c3[c-]cc(C)c(C)c3)nc2c1.[Ir]. The molecule has 0 fully saturated rings. The van der Waals surface area contributed by atoms with Crippen molar-refractivity contribution in [3.63, 3.8) is 0 Å². The average molecular weight is 623 g/mol. The largest absolute Gasteiger partial charge is 0.512 e. The van der Waals surface area contributed by atoms with Crippen LogP contribution in [0.5, 0.6) is 0 Å². The monoisotopic (exact) mass is 623 g/mol. The third-order valence-corrected chi connectivity index (χ3v) is 5.33. The molecular weight excluding hydrogens is 587 g/mol. The summed E-state index contributed by atoms with van der Waals surface area (Å²) in [6.45, 7) is 17.4. The topological polar surface area (TPSA) is 50.2 Å². The van der Waals surface area contributed by atoms with Crippen molar-refractivity contribution in [1.29, 1.82) is 0 Å². The molecule has 0 atom stereocenters. The number of hydrogen-bond donors (Lipinski definition) is 1. The minimum absolute atomic E-state index is 0. The predicted octanol–water partition coefficient (Wildman–Crippen LogP) is 7.71. The summed E-state index contributed by atoms with van der Waals surface area (Å²) in [6.07, 6.45) is 1.33. The van der Waals surface area contributed by atoms with Gasteiger partial charge in [0.15, 0.2) is 5.78 Å². The number of allylic oxidation sites excluding steroid dienone is 2. The zero-order valence-electron chi connectivity index (χ0n) is 21.3. The Balaban J connectivity index is 0.000000346. The van der Waals surface area contributed by atoms with Crippen LogP contribution >= 0.6 is 0 Å². The second-order valence-corrected chi connectivity index (χ2v) is 10.5. The molecule has 1 N–H and O–H groups in total. The van der Waals surface area contributed by atoms with E-state index in [2.05, 4.69) is 63.2 Å². The number of ketones is 1. The zero-order valence-corrected chi connectivity index (χ0v) is 23.6. The van der Waals surface area contributed by atoms with Gasteiger partial charge in [-0.05, 0) is 29.6 Å². The number of rotatable bonds is 2. The number of carbonyl (C=O) groups excluding carboxylic acids is 1. The van der Waals surface area contributed by atoms with E-state index in [0.29, 0.717) is 0 Å². The van der Waals surface area contributed by atoms with Gasteiger partial charge < -0.3 is 5.11 Å². The molecule has 1 aromatic heterocycles. The molecule has 179 valence electrons. The summed E-state index contributed by atoms with van der Waals surface area (Å²) in [4.78, 5) is 16.2. The standard InChI is InChI=1S/C18H16N.C11H20O2.Ir/c1-12-4-6-15-8-9-17(19-18(15)10-12)16-7-5-13(2)14(3)11-16;1-10(2,3)8(12)7-9(13)11(4,5)6;/h4-6,8-11H,1-3H3;7,12H,1-6H3;/q-1;;/b;8-7-;. The maximum Gasteiger partial charge on any atom is 0.164 e. The maximum absolute atomic E-state index is 11.5. The Hall–Kier alpha value is -2.29. The van der Waals surface area contributed by atoms with Crippen molar-refractivity contribution in [3.05, 3.63) is 77.1 Å². The van der Waals surface area contributed by atoms with E-state index in [0.717, 1.165) is 16.8 Å². The van der Waals surface area contributed by atoms with Crippen molar-refractivity contribution in [2.24, 2.45) is 10.8 Å². The fourth-order valence-corrected chi connectivity index (χ4v) is 2.75. The van der Waals surface area contributed by atoms with E-state index < -0.39 is 5.41 Å². The first-order valence-electron chi connectivity index (χ1n) is 11.0. The number of pyridine rings is 1. The van der Waals surface area contributed by atoms with Gasteiger partial charge in [0.05, 0.1) is 5.52 Å². The molecular formula is C29H36IrNO2-. The third kappa shape index (κ3) is 8.21. The van der Waals surface area contributed by atoms with Crippen LogP contribution in [0, 0.1) is 37.7 Å². The first-order valence-corrected chi connectivity index (χ1v) is 11.0. The fourth-order valence-electron chi connectivity index (χ4n) is 2.75. The third-order valence-electron chi connectivity index (χ3n) is 5.33. The smallest absolute Gasteiger partial charge is 0.164 e. The predicted molar refractivity (Wildman–Crippen MR) is 135 cm³/mol. The molecule has 33 heavy (non-hydrogen) atoms. The van der Waals surface area contributed by atoms with Crippen LogP contribution in [0.3, 0.4) is 0 Å². The van der Waals surface area contributed by atoms with Crippen molar-refractivity contribution in [1.82, 2.24) is 4.98 Å². The van der Waals surface area contributed by atoms with E-state index in [-0.39, 0.29) is 37.1 Å². The number of aromatic nitrogens is 1. The van der Waals surface area contributed by atoms with E-state index in [1.807, 2.05) is 47.6 Å². The van der Waals surface area contributed by atoms with Gasteiger partial charge in [-0.2, -0.15) is 0 Å². The van der Waals surface area contributed by atoms with Crippen molar-refractivity contribution >= 4 is 16.7 Å². The van der Waals surface area contributed by atoms with E-state index >= 15 is 0 Å². The second kappa shape index (κ2) is 11.2. The van der Waals surface area contributed by atoms with Crippen LogP contribution in [0.1, 0.15) is 58.2 Å². The van der Waals surface area contributed by atoms with Crippen molar-refractivity contribution in [3.8, 4) is 11.3 Å². The van der Waals surface area contributed by atoms with Crippen LogP contribution in [0.15, 0.2) is 54.3 Å². The Bertz CT molecular complexity index is 1150. The van der Waals surface area contributed by atoms with Gasteiger partial charge in [0.1, 0.15) is 5.76 Å². The Morgan fingerprint density at radius 2 is 1.52 bits per heavy atom. The molecule has 3 rings (SSSR count). The van der Waals surface area contributed by atoms with E-state index in [9.17, 15) is 9.90 Å². The van der Waals surface area contributed by atoms with Gasteiger partial charge in [-0.25, -0.2) is 0 Å². The average Bonchev–Trinajstić information content (AvgIpc) is 2.68. The number of fused-ring (bicyclic) bond motifs is 1. The molecule has 0 aliphatic heterocycles. The summed E-state index contributed by atoms with van der Waals surface area (Å²) in [5, 5.41) is 10.7. The molecule has 3 aromatic rings. The van der Waals surface area contributed by atoms with Gasteiger partial charge >= 0.3 is 0 Å². The molecule has 1 radical (unpaired) electrons. The summed E-state index contributed by atoms with van der Waals surface area (Å²) in [7, 11) is 0. The van der Waals surface area contributed by atoms with Gasteiger partial charge in [-0.3, -0.25) is 9.78 Å². The minimum atomic E-state index is -0.417. The molecule has 0 amide bonds. The molecule has 1 heterocycles. The molecule has 0 saturated heterocycles. The normalized spacial score (nSPS) is 12.0. The number of carbonyl (C=O) groups is 1. The Morgan fingerprint density at radius 1 is 0.909 bits per heavy atom. The maximum atomic E-state index is 11.5. The molecule has 0 unspecified atom stereocenters. The Kier molecular flexibility index (Phi) is 9.78. The minimum Gasteiger partial charge on any atom is -0.512 e. The van der Waals surface area contributed by atoms with Gasteiger partial charge in [-0.1, -0.05) is 79.7 Å². The summed E-state index contributed by atoms with van der Waals surface area (Å²) < 4.78 is 0. The first kappa shape index (κ1) is 28.7. The summed E-state index contributed by atoms with van der Waals surface area (Å²) in [5.41, 5.74) is 6.11. The van der Waals surface area contributed by atoms with Crippen LogP contribution in [-0.2, 0) is 24.9 Å². The van der Waals surface area contributed by atoms with Gasteiger partial charge in [0, 0.05) is 37.0 Å². The zero-order chi connectivity index (χ0) is 24.3. The van der Waals surface area contributed by atoms with E-state index in [4.69, 9.17) is 4.98 Å². The van der Waals surface area contributed by atoms with Gasteiger partial charge in [0.2, 0.25) is 0 Å². The van der Waals surface area contributed by atoms with Crippen molar-refractivity contribution in [2.45, 2.75) is 62.3 Å². The van der Waals surface area contributed by atoms with Crippen LogP contribution in [0.25, 0.3) is 22.2 Å². The second-order valence-electron chi connectivity index (χ2n) is 10.5. The van der Waals surface area contributed by atoms with Crippen molar-refractivity contribution in [2.75, 3.05) is 0 Å². The summed E-state index contributed by atoms with van der Waals surface area (Å²) in [6, 6.07) is 18.0. The molecule has 3 nitrogen and oxygen atoms in total. The molecule has 0 saturated carbocycles.